The Bertz CT molecular complexity index is 372. The number of hydrogen-bond donors (Lipinski definition) is 2. The van der Waals surface area contributed by atoms with E-state index < -0.39 is 0 Å². The van der Waals surface area contributed by atoms with Crippen LogP contribution in [0.25, 0.3) is 0 Å². The molecule has 0 aliphatic carbocycles. The van der Waals surface area contributed by atoms with Crippen molar-refractivity contribution in [1.82, 2.24) is 25.3 Å². The van der Waals surface area contributed by atoms with Gasteiger partial charge in [0.1, 0.15) is 0 Å². The van der Waals surface area contributed by atoms with E-state index in [0.29, 0.717) is 12.6 Å². The largest absolute Gasteiger partial charge is 0.337 e. The molecule has 0 bridgehead atoms. The molecule has 0 aromatic carbocycles. The normalized spacial score (nSPS) is 10.7. The van der Waals surface area contributed by atoms with Crippen LogP contribution in [-0.4, -0.2) is 47.9 Å². The monoisotopic (exact) mass is 253 g/mol. The van der Waals surface area contributed by atoms with Crippen molar-refractivity contribution in [2.75, 3.05) is 27.2 Å². The van der Waals surface area contributed by atoms with Gasteiger partial charge in [-0.05, 0) is 13.8 Å². The number of nitrogens with zero attached hydrogens (tertiary/aromatic N) is 3. The van der Waals surface area contributed by atoms with Gasteiger partial charge in [-0.25, -0.2) is 4.79 Å². The number of urea groups is 1. The van der Waals surface area contributed by atoms with Crippen molar-refractivity contribution in [1.29, 1.82) is 0 Å². The zero-order valence-electron chi connectivity index (χ0n) is 11.6. The van der Waals surface area contributed by atoms with Crippen LogP contribution in [0.4, 0.5) is 4.79 Å². The number of hydrogen-bond acceptors (Lipinski definition) is 3. The van der Waals surface area contributed by atoms with Gasteiger partial charge in [-0.2, -0.15) is 5.10 Å². The number of amides is 2. The molecule has 102 valence electrons. The van der Waals surface area contributed by atoms with Gasteiger partial charge < -0.3 is 15.5 Å². The first kappa shape index (κ1) is 14.5. The number of nitrogens with one attached hydrogen (secondary N) is 2. The summed E-state index contributed by atoms with van der Waals surface area (Å²) in [4.78, 5) is 12.7. The lowest BCUT2D eigenvalue weighted by Crippen LogP contribution is -2.38. The van der Waals surface area contributed by atoms with E-state index in [1.807, 2.05) is 17.1 Å². The summed E-state index contributed by atoms with van der Waals surface area (Å²) in [6.07, 6.45) is 3.90. The quantitative estimate of drug-likeness (QED) is 0.738. The zero-order chi connectivity index (χ0) is 13.5. The van der Waals surface area contributed by atoms with Gasteiger partial charge in [-0.1, -0.05) is 0 Å². The van der Waals surface area contributed by atoms with Crippen molar-refractivity contribution in [3.05, 3.63) is 18.0 Å². The van der Waals surface area contributed by atoms with Crippen LogP contribution in [0.5, 0.6) is 0 Å². The van der Waals surface area contributed by atoms with Crippen molar-refractivity contribution in [2.45, 2.75) is 26.4 Å². The lowest BCUT2D eigenvalue weighted by molar-refractivity contribution is 0.217. The molecule has 6 nitrogen and oxygen atoms in total. The molecule has 1 rings (SSSR count). The third-order valence-electron chi connectivity index (χ3n) is 2.50. The summed E-state index contributed by atoms with van der Waals surface area (Å²) in [7, 11) is 3.45. The average molecular weight is 253 g/mol. The van der Waals surface area contributed by atoms with E-state index in [9.17, 15) is 4.79 Å². The van der Waals surface area contributed by atoms with Crippen LogP contribution in [-0.2, 0) is 6.54 Å². The van der Waals surface area contributed by atoms with Crippen molar-refractivity contribution in [3.8, 4) is 0 Å². The highest BCUT2D eigenvalue weighted by Crippen LogP contribution is 2.04. The molecule has 6 heteroatoms. The second kappa shape index (κ2) is 7.00. The van der Waals surface area contributed by atoms with E-state index in [1.54, 1.807) is 14.1 Å². The molecule has 0 saturated heterocycles. The molecule has 0 aliphatic heterocycles. The second-order valence-electron chi connectivity index (χ2n) is 4.73. The highest BCUT2D eigenvalue weighted by Gasteiger charge is 2.02. The minimum atomic E-state index is -0.0653. The Morgan fingerprint density at radius 1 is 1.44 bits per heavy atom. The summed E-state index contributed by atoms with van der Waals surface area (Å²) >= 11 is 0. The maximum absolute atomic E-state index is 11.2. The third-order valence-corrected chi connectivity index (χ3v) is 2.50. The Labute approximate surface area is 108 Å². The highest BCUT2D eigenvalue weighted by molar-refractivity contribution is 5.73. The van der Waals surface area contributed by atoms with Crippen molar-refractivity contribution in [3.63, 3.8) is 0 Å². The minimum absolute atomic E-state index is 0.0653. The Morgan fingerprint density at radius 3 is 2.72 bits per heavy atom. The van der Waals surface area contributed by atoms with Gasteiger partial charge in [0.15, 0.2) is 0 Å². The van der Waals surface area contributed by atoms with Crippen molar-refractivity contribution < 1.29 is 4.79 Å². The Kier molecular flexibility index (Phi) is 5.64. The second-order valence-corrected chi connectivity index (χ2v) is 4.73. The fourth-order valence-corrected chi connectivity index (χ4v) is 1.40. The number of carbonyl (C=O) groups is 1. The van der Waals surface area contributed by atoms with Crippen LogP contribution < -0.4 is 10.6 Å². The molecule has 1 heterocycles. The standard InChI is InChI=1S/C12H23N5O/c1-10(2)17-9-11(8-15-17)7-13-5-6-14-12(18)16(3)4/h8-10,13H,5-7H2,1-4H3,(H,14,18). The van der Waals surface area contributed by atoms with E-state index >= 15 is 0 Å². The van der Waals surface area contributed by atoms with Gasteiger partial charge in [-0.15, -0.1) is 0 Å². The predicted octanol–water partition coefficient (Wildman–Crippen LogP) is 0.825. The van der Waals surface area contributed by atoms with E-state index in [4.69, 9.17) is 0 Å². The Morgan fingerprint density at radius 2 is 2.17 bits per heavy atom. The first-order chi connectivity index (χ1) is 8.50. The van der Waals surface area contributed by atoms with Crippen LogP contribution in [0.3, 0.4) is 0 Å². The molecule has 0 radical (unpaired) electrons. The molecule has 0 fully saturated rings. The van der Waals surface area contributed by atoms with Crippen LogP contribution >= 0.6 is 0 Å². The molecule has 2 N–H and O–H groups in total. The fraction of sp³-hybridized carbons (Fsp3) is 0.667. The molecule has 0 spiro atoms. The van der Waals surface area contributed by atoms with Crippen molar-refractivity contribution in [2.24, 2.45) is 0 Å². The van der Waals surface area contributed by atoms with E-state index in [1.165, 1.54) is 4.90 Å². The first-order valence-corrected chi connectivity index (χ1v) is 6.19. The van der Waals surface area contributed by atoms with Crippen LogP contribution in [0.2, 0.25) is 0 Å². The maximum Gasteiger partial charge on any atom is 0.316 e. The molecule has 18 heavy (non-hydrogen) atoms. The molecular formula is C12H23N5O. The van der Waals surface area contributed by atoms with Gasteiger partial charge >= 0.3 is 6.03 Å². The summed E-state index contributed by atoms with van der Waals surface area (Å²) in [5.74, 6) is 0. The van der Waals surface area contributed by atoms with Crippen LogP contribution in [0.1, 0.15) is 25.5 Å². The number of aromatic nitrogens is 2. The van der Waals surface area contributed by atoms with Gasteiger partial charge in [0.2, 0.25) is 0 Å². The first-order valence-electron chi connectivity index (χ1n) is 6.19. The van der Waals surface area contributed by atoms with E-state index in [0.717, 1.165) is 18.7 Å². The van der Waals surface area contributed by atoms with Crippen LogP contribution in [0.15, 0.2) is 12.4 Å². The molecule has 0 unspecified atom stereocenters. The lowest BCUT2D eigenvalue weighted by Gasteiger charge is -2.11. The Balaban J connectivity index is 2.16. The molecular weight excluding hydrogens is 230 g/mol. The van der Waals surface area contributed by atoms with Gasteiger partial charge in [0, 0.05) is 51.5 Å². The summed E-state index contributed by atoms with van der Waals surface area (Å²) in [5, 5.41) is 10.3. The summed E-state index contributed by atoms with van der Waals surface area (Å²) < 4.78 is 1.94. The molecule has 0 aliphatic rings. The molecule has 0 saturated carbocycles. The SMILES string of the molecule is CC(C)n1cc(CNCCNC(=O)N(C)C)cn1. The lowest BCUT2D eigenvalue weighted by atomic mass is 10.3. The maximum atomic E-state index is 11.2. The van der Waals surface area contributed by atoms with Gasteiger partial charge in [0.25, 0.3) is 0 Å². The predicted molar refractivity (Wildman–Crippen MR) is 71.4 cm³/mol. The van der Waals surface area contributed by atoms with Gasteiger partial charge in [-0.3, -0.25) is 4.68 Å². The average Bonchev–Trinajstić information content (AvgIpc) is 2.77. The fourth-order valence-electron chi connectivity index (χ4n) is 1.40. The summed E-state index contributed by atoms with van der Waals surface area (Å²) in [5.41, 5.74) is 1.16. The summed E-state index contributed by atoms with van der Waals surface area (Å²) in [6, 6.07) is 0.322. The zero-order valence-corrected chi connectivity index (χ0v) is 11.6. The number of carbonyl (C=O) groups excluding carboxylic acids is 1. The number of rotatable bonds is 6. The molecule has 1 aromatic heterocycles. The van der Waals surface area contributed by atoms with Crippen LogP contribution in [0, 0.1) is 0 Å². The molecule has 2 amide bonds. The molecule has 0 atom stereocenters. The smallest absolute Gasteiger partial charge is 0.316 e. The van der Waals surface area contributed by atoms with E-state index in [2.05, 4.69) is 29.6 Å². The van der Waals surface area contributed by atoms with E-state index in [-0.39, 0.29) is 6.03 Å². The van der Waals surface area contributed by atoms with Gasteiger partial charge in [0.05, 0.1) is 6.20 Å². The third kappa shape index (κ3) is 4.75. The Hall–Kier alpha value is -1.56. The highest BCUT2D eigenvalue weighted by atomic mass is 16.2. The summed E-state index contributed by atoms with van der Waals surface area (Å²) in [6.45, 7) is 6.33. The molecule has 1 aromatic rings. The topological polar surface area (TPSA) is 62.2 Å². The van der Waals surface area contributed by atoms with Crippen molar-refractivity contribution >= 4 is 6.03 Å². The minimum Gasteiger partial charge on any atom is -0.337 e.